The Morgan fingerprint density at radius 2 is 2.00 bits per heavy atom. The Morgan fingerprint density at radius 3 is 2.73 bits per heavy atom. The van der Waals surface area contributed by atoms with Crippen molar-refractivity contribution in [3.63, 3.8) is 0 Å². The molecule has 1 fully saturated rings. The van der Waals surface area contributed by atoms with Gasteiger partial charge in [0.15, 0.2) is 5.65 Å². The number of aryl methyl sites for hydroxylation is 1. The molecule has 7 nitrogen and oxygen atoms in total. The third-order valence-electron chi connectivity index (χ3n) is 5.61. The van der Waals surface area contributed by atoms with Gasteiger partial charge in [-0.05, 0) is 43.9 Å². The first-order valence-electron chi connectivity index (χ1n) is 9.70. The fourth-order valence-electron chi connectivity index (χ4n) is 3.76. The summed E-state index contributed by atoms with van der Waals surface area (Å²) in [6, 6.07) is 7.92. The maximum Gasteiger partial charge on any atom is 0.453 e. The van der Waals surface area contributed by atoms with Crippen LogP contribution in [0.3, 0.4) is 0 Å². The zero-order chi connectivity index (χ0) is 21.5. The molecular weight excluding hydrogens is 397 g/mol. The molecule has 1 saturated heterocycles. The van der Waals surface area contributed by atoms with Crippen molar-refractivity contribution >= 4 is 17.2 Å². The first-order valence-corrected chi connectivity index (χ1v) is 9.70. The molecule has 0 saturated carbocycles. The first kappa shape index (κ1) is 20.2. The van der Waals surface area contributed by atoms with Crippen LogP contribution in [-0.2, 0) is 6.18 Å². The van der Waals surface area contributed by atoms with Crippen LogP contribution < -0.4 is 15.0 Å². The Hall–Kier alpha value is -3.04. The minimum Gasteiger partial charge on any atom is -0.497 e. The molecule has 1 aliphatic rings. The summed E-state index contributed by atoms with van der Waals surface area (Å²) in [5, 5.41) is 14.4. The van der Waals surface area contributed by atoms with Crippen molar-refractivity contribution in [1.29, 1.82) is 0 Å². The highest BCUT2D eigenvalue weighted by Crippen LogP contribution is 2.30. The van der Waals surface area contributed by atoms with Crippen LogP contribution in [0.2, 0.25) is 0 Å². The maximum absolute atomic E-state index is 13.2. The van der Waals surface area contributed by atoms with Crippen molar-refractivity contribution in [3.8, 4) is 5.75 Å². The number of anilines is 2. The molecule has 4 rings (SSSR count). The summed E-state index contributed by atoms with van der Waals surface area (Å²) in [6.45, 7) is 5.92. The van der Waals surface area contributed by atoms with Crippen LogP contribution in [0.5, 0.6) is 5.75 Å². The third kappa shape index (κ3) is 3.73. The third-order valence-corrected chi connectivity index (χ3v) is 5.61. The van der Waals surface area contributed by atoms with Gasteiger partial charge in [0, 0.05) is 37.0 Å². The number of methoxy groups -OCH3 is 1. The van der Waals surface area contributed by atoms with Gasteiger partial charge in [0.25, 0.3) is 5.82 Å². The van der Waals surface area contributed by atoms with Gasteiger partial charge in [-0.2, -0.15) is 17.7 Å². The zero-order valence-corrected chi connectivity index (χ0v) is 17.0. The monoisotopic (exact) mass is 420 g/mol. The zero-order valence-electron chi connectivity index (χ0n) is 17.0. The summed E-state index contributed by atoms with van der Waals surface area (Å²) in [5.74, 6) is 0.460. The van der Waals surface area contributed by atoms with E-state index in [-0.39, 0.29) is 5.65 Å². The van der Waals surface area contributed by atoms with E-state index in [9.17, 15) is 13.2 Å². The number of alkyl halides is 3. The second kappa shape index (κ2) is 7.66. The Bertz CT molecular complexity index is 1060. The molecule has 1 aromatic carbocycles. The van der Waals surface area contributed by atoms with Crippen LogP contribution >= 0.6 is 0 Å². The van der Waals surface area contributed by atoms with E-state index in [4.69, 9.17) is 4.74 Å². The predicted octanol–water partition coefficient (Wildman–Crippen LogP) is 3.71. The van der Waals surface area contributed by atoms with E-state index in [1.165, 1.54) is 0 Å². The lowest BCUT2D eigenvalue weighted by molar-refractivity contribution is -0.146. The van der Waals surface area contributed by atoms with Crippen molar-refractivity contribution < 1.29 is 17.9 Å². The molecule has 0 amide bonds. The average Bonchev–Trinajstić information content (AvgIpc) is 3.36. The van der Waals surface area contributed by atoms with Crippen LogP contribution in [-0.4, -0.2) is 46.6 Å². The second-order valence-electron chi connectivity index (χ2n) is 7.54. The molecule has 0 aliphatic carbocycles. The smallest absolute Gasteiger partial charge is 0.453 e. The van der Waals surface area contributed by atoms with Crippen LogP contribution in [0, 0.1) is 19.8 Å². The van der Waals surface area contributed by atoms with Crippen molar-refractivity contribution in [2.45, 2.75) is 26.4 Å². The number of halogens is 3. The lowest BCUT2D eigenvalue weighted by Crippen LogP contribution is -2.23. The minimum absolute atomic E-state index is 0.121. The highest BCUT2D eigenvalue weighted by molar-refractivity contribution is 5.58. The topological polar surface area (TPSA) is 67.6 Å². The van der Waals surface area contributed by atoms with E-state index in [1.54, 1.807) is 14.0 Å². The van der Waals surface area contributed by atoms with Crippen LogP contribution in [0.4, 0.5) is 24.7 Å². The number of hydrogen-bond acceptors (Lipinski definition) is 6. The van der Waals surface area contributed by atoms with Crippen molar-refractivity contribution in [1.82, 2.24) is 19.8 Å². The summed E-state index contributed by atoms with van der Waals surface area (Å²) in [4.78, 5) is 2.28. The lowest BCUT2D eigenvalue weighted by atomic mass is 10.1. The number of hydrogen-bond donors (Lipinski definition) is 1. The first-order chi connectivity index (χ1) is 14.3. The van der Waals surface area contributed by atoms with E-state index in [2.05, 4.69) is 25.5 Å². The summed E-state index contributed by atoms with van der Waals surface area (Å²) < 4.78 is 45.7. The Balaban J connectivity index is 1.49. The quantitative estimate of drug-likeness (QED) is 0.679. The van der Waals surface area contributed by atoms with Crippen LogP contribution in [0.15, 0.2) is 24.3 Å². The summed E-state index contributed by atoms with van der Waals surface area (Å²) in [6.07, 6.45) is -3.64. The summed E-state index contributed by atoms with van der Waals surface area (Å²) >= 11 is 0. The highest BCUT2D eigenvalue weighted by atomic mass is 19.4. The molecule has 3 aromatic rings. The molecule has 1 atom stereocenters. The summed E-state index contributed by atoms with van der Waals surface area (Å²) in [7, 11) is 1.64. The summed E-state index contributed by atoms with van der Waals surface area (Å²) in [5.41, 5.74) is 2.62. The van der Waals surface area contributed by atoms with Gasteiger partial charge >= 0.3 is 6.18 Å². The maximum atomic E-state index is 13.2. The number of nitrogens with zero attached hydrogens (tertiary/aromatic N) is 5. The van der Waals surface area contributed by atoms with Gasteiger partial charge in [0.2, 0.25) is 0 Å². The van der Waals surface area contributed by atoms with Gasteiger partial charge in [-0.3, -0.25) is 0 Å². The van der Waals surface area contributed by atoms with E-state index in [0.717, 1.165) is 41.0 Å². The Morgan fingerprint density at radius 1 is 1.20 bits per heavy atom. The Labute approximate surface area is 171 Å². The van der Waals surface area contributed by atoms with Gasteiger partial charge in [-0.1, -0.05) is 6.07 Å². The second-order valence-corrected chi connectivity index (χ2v) is 7.54. The highest BCUT2D eigenvalue weighted by Gasteiger charge is 2.38. The minimum atomic E-state index is -4.62. The van der Waals surface area contributed by atoms with E-state index >= 15 is 0 Å². The number of benzene rings is 1. The average molecular weight is 420 g/mol. The molecule has 0 bridgehead atoms. The molecule has 1 N–H and O–H groups in total. The molecule has 0 radical (unpaired) electrons. The van der Waals surface area contributed by atoms with Gasteiger partial charge in [0.05, 0.1) is 7.11 Å². The number of rotatable bonds is 5. The van der Waals surface area contributed by atoms with Gasteiger partial charge in [-0.25, -0.2) is 0 Å². The fourth-order valence-corrected chi connectivity index (χ4v) is 3.76. The van der Waals surface area contributed by atoms with Gasteiger partial charge < -0.3 is 15.0 Å². The largest absolute Gasteiger partial charge is 0.497 e. The van der Waals surface area contributed by atoms with Crippen molar-refractivity contribution in [2.24, 2.45) is 5.92 Å². The molecule has 30 heavy (non-hydrogen) atoms. The van der Waals surface area contributed by atoms with Gasteiger partial charge in [-0.15, -0.1) is 15.3 Å². The molecule has 10 heteroatoms. The number of ether oxygens (including phenoxy) is 1. The van der Waals surface area contributed by atoms with Crippen LogP contribution in [0.1, 0.15) is 23.4 Å². The molecule has 160 valence electrons. The predicted molar refractivity (Wildman–Crippen MR) is 107 cm³/mol. The number of aromatic nitrogens is 4. The van der Waals surface area contributed by atoms with Crippen LogP contribution in [0.25, 0.3) is 5.65 Å². The fraction of sp³-hybridized carbons (Fsp3) is 0.450. The van der Waals surface area contributed by atoms with Gasteiger partial charge in [0.1, 0.15) is 11.6 Å². The van der Waals surface area contributed by atoms with E-state index < -0.39 is 12.0 Å². The SMILES string of the molecule is COc1cccc(N2CCC(CNc3nn4c(C(F)(F)F)nnc4c(C)c3C)C2)c1. The molecule has 0 spiro atoms. The molecule has 1 unspecified atom stereocenters. The van der Waals surface area contributed by atoms with Crippen molar-refractivity contribution in [3.05, 3.63) is 41.2 Å². The standard InChI is InChI=1S/C20H23F3N6O/c1-12-13(2)18-25-26-19(20(21,22)23)29(18)27-17(12)24-10-14-7-8-28(11-14)15-5-4-6-16(9-15)30-3/h4-6,9,14H,7-8,10-11H2,1-3H3,(H,24,27). The van der Waals surface area contributed by atoms with Crippen molar-refractivity contribution in [2.75, 3.05) is 37.0 Å². The normalized spacial score (nSPS) is 17.0. The molecule has 1 aliphatic heterocycles. The number of fused-ring (bicyclic) bond motifs is 1. The van der Waals surface area contributed by atoms with E-state index in [0.29, 0.717) is 23.8 Å². The Kier molecular flexibility index (Phi) is 5.17. The molecule has 3 heterocycles. The molecular formula is C20H23F3N6O. The number of nitrogens with one attached hydrogen (secondary N) is 1. The van der Waals surface area contributed by atoms with E-state index in [1.807, 2.05) is 31.2 Å². The molecule has 2 aromatic heterocycles. The lowest BCUT2D eigenvalue weighted by Gasteiger charge is -2.20.